The van der Waals surface area contributed by atoms with Crippen LogP contribution < -0.4 is 5.73 Å². The molecule has 1 rings (SSSR count). The summed E-state index contributed by atoms with van der Waals surface area (Å²) in [6, 6.07) is 0.773. The summed E-state index contributed by atoms with van der Waals surface area (Å²) in [5.41, 5.74) is 3.09. The van der Waals surface area contributed by atoms with Crippen LogP contribution in [0.4, 0.5) is 18.9 Å². The molecule has 1 heterocycles. The fourth-order valence-electron chi connectivity index (χ4n) is 0.959. The van der Waals surface area contributed by atoms with E-state index in [1.807, 2.05) is 0 Å². The van der Waals surface area contributed by atoms with Crippen LogP contribution in [0.2, 0.25) is 0 Å². The van der Waals surface area contributed by atoms with Crippen LogP contribution in [0.1, 0.15) is 22.5 Å². The minimum absolute atomic E-state index is 0.486. The van der Waals surface area contributed by atoms with Crippen molar-refractivity contribution >= 4 is 11.7 Å². The number of hydrogen-bond acceptors (Lipinski definition) is 4. The SMILES string of the molecule is COC(=O)c1cc(N)c(F)nc1C(F)F. The molecule has 2 N–H and O–H groups in total. The molecule has 0 bridgehead atoms. The largest absolute Gasteiger partial charge is 0.465 e. The van der Waals surface area contributed by atoms with Gasteiger partial charge in [-0.05, 0) is 6.07 Å². The minimum Gasteiger partial charge on any atom is -0.465 e. The Morgan fingerprint density at radius 1 is 1.60 bits per heavy atom. The van der Waals surface area contributed by atoms with Gasteiger partial charge in [0.15, 0.2) is 0 Å². The highest BCUT2D eigenvalue weighted by atomic mass is 19.3. The summed E-state index contributed by atoms with van der Waals surface area (Å²) in [6.45, 7) is 0. The molecule has 0 aliphatic carbocycles. The van der Waals surface area contributed by atoms with Crippen LogP contribution in [0.3, 0.4) is 0 Å². The van der Waals surface area contributed by atoms with E-state index in [4.69, 9.17) is 5.73 Å². The van der Waals surface area contributed by atoms with Crippen LogP contribution in [-0.4, -0.2) is 18.1 Å². The Bertz CT molecular complexity index is 396. The van der Waals surface area contributed by atoms with E-state index in [2.05, 4.69) is 9.72 Å². The van der Waals surface area contributed by atoms with Gasteiger partial charge in [-0.15, -0.1) is 0 Å². The highest BCUT2D eigenvalue weighted by molar-refractivity contribution is 5.91. The normalized spacial score (nSPS) is 10.5. The first-order valence-electron chi connectivity index (χ1n) is 3.79. The van der Waals surface area contributed by atoms with Crippen molar-refractivity contribution in [2.45, 2.75) is 6.43 Å². The lowest BCUT2D eigenvalue weighted by Crippen LogP contribution is -2.11. The topological polar surface area (TPSA) is 65.2 Å². The molecule has 0 amide bonds. The molecule has 0 unspecified atom stereocenters. The maximum Gasteiger partial charge on any atom is 0.340 e. The molecular formula is C8H7F3N2O2. The average molecular weight is 220 g/mol. The third-order valence-corrected chi connectivity index (χ3v) is 1.64. The molecule has 0 saturated heterocycles. The van der Waals surface area contributed by atoms with Crippen molar-refractivity contribution in [3.05, 3.63) is 23.3 Å². The molecule has 0 radical (unpaired) electrons. The summed E-state index contributed by atoms with van der Waals surface area (Å²) in [6.07, 6.45) is -3.07. The molecule has 15 heavy (non-hydrogen) atoms. The number of esters is 1. The first-order chi connectivity index (χ1) is 6.97. The third kappa shape index (κ3) is 2.17. The van der Waals surface area contributed by atoms with Gasteiger partial charge in [0.2, 0.25) is 5.95 Å². The van der Waals surface area contributed by atoms with Gasteiger partial charge in [-0.3, -0.25) is 0 Å². The van der Waals surface area contributed by atoms with E-state index in [9.17, 15) is 18.0 Å². The zero-order valence-electron chi connectivity index (χ0n) is 7.63. The van der Waals surface area contributed by atoms with Crippen molar-refractivity contribution in [3.8, 4) is 0 Å². The monoisotopic (exact) mass is 220 g/mol. The molecule has 0 aliphatic rings. The fraction of sp³-hybridized carbons (Fsp3) is 0.250. The van der Waals surface area contributed by atoms with Gasteiger partial charge in [0.05, 0.1) is 18.4 Å². The van der Waals surface area contributed by atoms with Gasteiger partial charge >= 0.3 is 5.97 Å². The van der Waals surface area contributed by atoms with E-state index < -0.39 is 35.3 Å². The van der Waals surface area contributed by atoms with Crippen molar-refractivity contribution in [3.63, 3.8) is 0 Å². The predicted octanol–water partition coefficient (Wildman–Crippen LogP) is 1.53. The molecule has 0 aliphatic heterocycles. The van der Waals surface area contributed by atoms with Crippen molar-refractivity contribution in [1.29, 1.82) is 0 Å². The van der Waals surface area contributed by atoms with Crippen LogP contribution in [0.15, 0.2) is 6.07 Å². The number of halogens is 3. The number of methoxy groups -OCH3 is 1. The number of anilines is 1. The number of hydrogen-bond donors (Lipinski definition) is 1. The van der Waals surface area contributed by atoms with Crippen molar-refractivity contribution in [2.75, 3.05) is 12.8 Å². The van der Waals surface area contributed by atoms with E-state index >= 15 is 0 Å². The van der Waals surface area contributed by atoms with E-state index in [1.165, 1.54) is 0 Å². The fourth-order valence-corrected chi connectivity index (χ4v) is 0.959. The molecule has 0 atom stereocenters. The van der Waals surface area contributed by atoms with Crippen LogP contribution >= 0.6 is 0 Å². The molecule has 0 fully saturated rings. The van der Waals surface area contributed by atoms with Crippen LogP contribution in [-0.2, 0) is 4.74 Å². The Balaban J connectivity index is 3.34. The first-order valence-corrected chi connectivity index (χ1v) is 3.79. The molecular weight excluding hydrogens is 213 g/mol. The second kappa shape index (κ2) is 4.16. The van der Waals surface area contributed by atoms with Gasteiger partial charge in [-0.2, -0.15) is 4.39 Å². The van der Waals surface area contributed by atoms with Gasteiger partial charge in [-0.25, -0.2) is 18.6 Å². The highest BCUT2D eigenvalue weighted by Crippen LogP contribution is 2.24. The number of nitrogen functional groups attached to an aromatic ring is 1. The van der Waals surface area contributed by atoms with E-state index in [1.54, 1.807) is 0 Å². The Morgan fingerprint density at radius 2 is 2.20 bits per heavy atom. The number of alkyl halides is 2. The molecule has 1 aromatic heterocycles. The van der Waals surface area contributed by atoms with Gasteiger partial charge in [-0.1, -0.05) is 0 Å². The Hall–Kier alpha value is -1.79. The summed E-state index contributed by atoms with van der Waals surface area (Å²) < 4.78 is 41.7. The van der Waals surface area contributed by atoms with Crippen molar-refractivity contribution in [1.82, 2.24) is 4.98 Å². The van der Waals surface area contributed by atoms with Gasteiger partial charge in [0.1, 0.15) is 5.69 Å². The Morgan fingerprint density at radius 3 is 2.67 bits per heavy atom. The Labute approximate surface area is 82.9 Å². The molecule has 1 aromatic rings. The second-order valence-corrected chi connectivity index (χ2v) is 2.59. The van der Waals surface area contributed by atoms with E-state index in [0.717, 1.165) is 13.2 Å². The van der Waals surface area contributed by atoms with Gasteiger partial charge in [0, 0.05) is 0 Å². The average Bonchev–Trinajstić information content (AvgIpc) is 2.20. The standard InChI is InChI=1S/C8H7F3N2O2/c1-15-8(14)3-2-4(12)7(11)13-5(3)6(9)10/h2,6H,12H2,1H3. The lowest BCUT2D eigenvalue weighted by molar-refractivity contribution is 0.0587. The van der Waals surface area contributed by atoms with E-state index in [0.29, 0.717) is 0 Å². The van der Waals surface area contributed by atoms with Crippen LogP contribution in [0.5, 0.6) is 0 Å². The molecule has 0 spiro atoms. The highest BCUT2D eigenvalue weighted by Gasteiger charge is 2.23. The minimum atomic E-state index is -3.07. The summed E-state index contributed by atoms with van der Waals surface area (Å²) >= 11 is 0. The zero-order chi connectivity index (χ0) is 11.6. The predicted molar refractivity (Wildman–Crippen MR) is 44.9 cm³/mol. The summed E-state index contributed by atoms with van der Waals surface area (Å²) in [4.78, 5) is 13.9. The zero-order valence-corrected chi connectivity index (χ0v) is 7.63. The summed E-state index contributed by atoms with van der Waals surface area (Å²) in [7, 11) is 1.01. The Kier molecular flexibility index (Phi) is 3.13. The number of rotatable bonds is 2. The van der Waals surface area contributed by atoms with Crippen LogP contribution in [0, 0.1) is 5.95 Å². The lowest BCUT2D eigenvalue weighted by atomic mass is 10.2. The molecule has 82 valence electrons. The molecule has 7 heteroatoms. The number of pyridine rings is 1. The maximum absolute atomic E-state index is 12.8. The lowest BCUT2D eigenvalue weighted by Gasteiger charge is -2.07. The number of nitrogens with two attached hydrogens (primary N) is 1. The molecule has 0 saturated carbocycles. The summed E-state index contributed by atoms with van der Waals surface area (Å²) in [5, 5.41) is 0. The number of carbonyl (C=O) groups excluding carboxylic acids is 1. The van der Waals surface area contributed by atoms with Gasteiger partial charge in [0.25, 0.3) is 6.43 Å². The smallest absolute Gasteiger partial charge is 0.340 e. The second-order valence-electron chi connectivity index (χ2n) is 2.59. The van der Waals surface area contributed by atoms with Crippen molar-refractivity contribution < 1.29 is 22.7 Å². The number of ether oxygens (including phenoxy) is 1. The molecule has 4 nitrogen and oxygen atoms in total. The maximum atomic E-state index is 12.8. The first kappa shape index (κ1) is 11.3. The third-order valence-electron chi connectivity index (χ3n) is 1.64. The van der Waals surface area contributed by atoms with Crippen LogP contribution in [0.25, 0.3) is 0 Å². The number of nitrogens with zero attached hydrogens (tertiary/aromatic N) is 1. The van der Waals surface area contributed by atoms with Crippen molar-refractivity contribution in [2.24, 2.45) is 0 Å². The molecule has 0 aromatic carbocycles. The summed E-state index contributed by atoms with van der Waals surface area (Å²) in [5.74, 6) is -2.28. The van der Waals surface area contributed by atoms with E-state index in [-0.39, 0.29) is 0 Å². The number of aromatic nitrogens is 1. The van der Waals surface area contributed by atoms with Gasteiger partial charge < -0.3 is 10.5 Å². The quantitative estimate of drug-likeness (QED) is 0.606. The number of carbonyl (C=O) groups is 1.